The van der Waals surface area contributed by atoms with E-state index < -0.39 is 11.9 Å². The summed E-state index contributed by atoms with van der Waals surface area (Å²) in [7, 11) is 0. The van der Waals surface area contributed by atoms with E-state index in [1.807, 2.05) is 0 Å². The number of rotatable bonds is 6. The number of benzene rings is 1. The van der Waals surface area contributed by atoms with Crippen molar-refractivity contribution in [3.8, 4) is 18.1 Å². The Morgan fingerprint density at radius 3 is 2.17 bits per heavy atom. The Kier molecular flexibility index (Phi) is 4.76. The van der Waals surface area contributed by atoms with Crippen molar-refractivity contribution in [2.75, 3.05) is 6.61 Å². The normalized spacial score (nSPS) is 9.50. The molecule has 0 radical (unpaired) electrons. The van der Waals surface area contributed by atoms with Crippen LogP contribution in [0.2, 0.25) is 0 Å². The molecule has 1 rings (SSSR count). The third-order valence-electron chi connectivity index (χ3n) is 2.13. The first-order valence-electron chi connectivity index (χ1n) is 5.22. The van der Waals surface area contributed by atoms with Gasteiger partial charge in [-0.15, -0.1) is 12.3 Å². The second kappa shape index (κ2) is 6.30. The number of hydrogen-bond acceptors (Lipinski definition) is 3. The van der Waals surface area contributed by atoms with Gasteiger partial charge >= 0.3 is 11.9 Å². The average molecular weight is 248 g/mol. The summed E-state index contributed by atoms with van der Waals surface area (Å²) in [5, 5.41) is 17.7. The minimum Gasteiger partial charge on any atom is -0.494 e. The maximum Gasteiger partial charge on any atom is 0.335 e. The molecule has 5 heteroatoms. The summed E-state index contributed by atoms with van der Waals surface area (Å²) in [4.78, 5) is 21.7. The predicted octanol–water partition coefficient (Wildman–Crippen LogP) is 1.88. The highest BCUT2D eigenvalue weighted by Gasteiger charge is 2.11. The van der Waals surface area contributed by atoms with Crippen LogP contribution in [0.4, 0.5) is 0 Å². The quantitative estimate of drug-likeness (QED) is 0.593. The zero-order valence-electron chi connectivity index (χ0n) is 9.55. The molecular weight excluding hydrogens is 236 g/mol. The fourth-order valence-electron chi connectivity index (χ4n) is 1.29. The molecule has 0 amide bonds. The van der Waals surface area contributed by atoms with Crippen molar-refractivity contribution in [1.29, 1.82) is 0 Å². The minimum absolute atomic E-state index is 0.123. The van der Waals surface area contributed by atoms with Crippen LogP contribution in [-0.4, -0.2) is 28.8 Å². The molecule has 1 aromatic carbocycles. The Labute approximate surface area is 104 Å². The van der Waals surface area contributed by atoms with Crippen LogP contribution in [0.5, 0.6) is 5.75 Å². The van der Waals surface area contributed by atoms with E-state index in [4.69, 9.17) is 21.4 Å². The van der Waals surface area contributed by atoms with Crippen molar-refractivity contribution in [3.63, 3.8) is 0 Å². The topological polar surface area (TPSA) is 83.8 Å². The molecule has 0 fully saturated rings. The maximum atomic E-state index is 10.8. The highest BCUT2D eigenvalue weighted by Crippen LogP contribution is 2.18. The van der Waals surface area contributed by atoms with Crippen LogP contribution < -0.4 is 4.74 Å². The lowest BCUT2D eigenvalue weighted by Crippen LogP contribution is -2.05. The minimum atomic E-state index is -1.20. The first-order chi connectivity index (χ1) is 8.54. The van der Waals surface area contributed by atoms with Crippen molar-refractivity contribution < 1.29 is 24.5 Å². The molecule has 18 heavy (non-hydrogen) atoms. The monoisotopic (exact) mass is 248 g/mol. The Hall–Kier alpha value is -2.48. The van der Waals surface area contributed by atoms with Gasteiger partial charge in [0.25, 0.3) is 0 Å². The lowest BCUT2D eigenvalue weighted by atomic mass is 10.1. The summed E-state index contributed by atoms with van der Waals surface area (Å²) in [5.41, 5.74) is -0.247. The first-order valence-corrected chi connectivity index (χ1v) is 5.22. The van der Waals surface area contributed by atoms with Crippen molar-refractivity contribution in [2.24, 2.45) is 0 Å². The van der Waals surface area contributed by atoms with E-state index in [0.29, 0.717) is 19.4 Å². The van der Waals surface area contributed by atoms with Gasteiger partial charge in [0.1, 0.15) is 5.75 Å². The molecule has 1 aromatic rings. The predicted molar refractivity (Wildman–Crippen MR) is 63.9 cm³/mol. The van der Waals surface area contributed by atoms with Crippen molar-refractivity contribution in [2.45, 2.75) is 12.8 Å². The van der Waals surface area contributed by atoms with Crippen LogP contribution in [0.25, 0.3) is 0 Å². The third kappa shape index (κ3) is 3.83. The number of aromatic carboxylic acids is 2. The van der Waals surface area contributed by atoms with E-state index in [-0.39, 0.29) is 16.9 Å². The highest BCUT2D eigenvalue weighted by molar-refractivity contribution is 5.94. The molecule has 0 atom stereocenters. The fraction of sp³-hybridized carbons (Fsp3) is 0.231. The summed E-state index contributed by atoms with van der Waals surface area (Å²) < 4.78 is 5.27. The summed E-state index contributed by atoms with van der Waals surface area (Å²) in [6, 6.07) is 3.65. The van der Waals surface area contributed by atoms with E-state index in [1.54, 1.807) is 0 Å². The molecule has 0 spiro atoms. The van der Waals surface area contributed by atoms with E-state index >= 15 is 0 Å². The van der Waals surface area contributed by atoms with Gasteiger partial charge in [0.2, 0.25) is 0 Å². The standard InChI is InChI=1S/C13H12O5/c1-2-3-4-5-18-11-7-9(12(14)15)6-10(8-11)13(16)17/h1,6-8H,3-5H2,(H,14,15)(H,16,17). The van der Waals surface area contributed by atoms with Crippen molar-refractivity contribution in [1.82, 2.24) is 0 Å². The van der Waals surface area contributed by atoms with Gasteiger partial charge in [0.05, 0.1) is 17.7 Å². The van der Waals surface area contributed by atoms with Crippen LogP contribution in [0.3, 0.4) is 0 Å². The molecule has 0 aromatic heterocycles. The molecular formula is C13H12O5. The smallest absolute Gasteiger partial charge is 0.335 e. The van der Waals surface area contributed by atoms with Crippen LogP contribution in [0.15, 0.2) is 18.2 Å². The number of carboxylic acids is 2. The van der Waals surface area contributed by atoms with Gasteiger partial charge in [-0.3, -0.25) is 0 Å². The van der Waals surface area contributed by atoms with Gasteiger partial charge in [-0.05, 0) is 24.6 Å². The van der Waals surface area contributed by atoms with E-state index in [9.17, 15) is 9.59 Å². The molecule has 0 saturated carbocycles. The Balaban J connectivity index is 2.87. The molecule has 5 nitrogen and oxygen atoms in total. The van der Waals surface area contributed by atoms with E-state index in [1.165, 1.54) is 12.1 Å². The summed E-state index contributed by atoms with van der Waals surface area (Å²) >= 11 is 0. The van der Waals surface area contributed by atoms with Gasteiger partial charge in [-0.25, -0.2) is 9.59 Å². The summed E-state index contributed by atoms with van der Waals surface area (Å²) in [5.74, 6) is 0.253. The van der Waals surface area contributed by atoms with Crippen LogP contribution in [0.1, 0.15) is 33.6 Å². The largest absolute Gasteiger partial charge is 0.494 e. The van der Waals surface area contributed by atoms with Crippen molar-refractivity contribution in [3.05, 3.63) is 29.3 Å². The summed E-state index contributed by atoms with van der Waals surface area (Å²) in [6.07, 6.45) is 6.24. The molecule has 0 bridgehead atoms. The summed E-state index contributed by atoms with van der Waals surface area (Å²) in [6.45, 7) is 0.312. The van der Waals surface area contributed by atoms with Crippen molar-refractivity contribution >= 4 is 11.9 Å². The van der Waals surface area contributed by atoms with E-state index in [2.05, 4.69) is 5.92 Å². The van der Waals surface area contributed by atoms with Crippen LogP contribution >= 0.6 is 0 Å². The fourth-order valence-corrected chi connectivity index (χ4v) is 1.29. The zero-order valence-corrected chi connectivity index (χ0v) is 9.55. The first kappa shape index (κ1) is 13.6. The average Bonchev–Trinajstić information content (AvgIpc) is 2.34. The molecule has 0 aliphatic heterocycles. The highest BCUT2D eigenvalue weighted by atomic mass is 16.5. The molecule has 2 N–H and O–H groups in total. The SMILES string of the molecule is C#CCCCOc1cc(C(=O)O)cc(C(=O)O)c1. The van der Waals surface area contributed by atoms with Gasteiger partial charge in [0.15, 0.2) is 0 Å². The third-order valence-corrected chi connectivity index (χ3v) is 2.13. The molecule has 94 valence electrons. The number of carboxylic acid groups (broad SMARTS) is 2. The van der Waals surface area contributed by atoms with Gasteiger partial charge in [-0.2, -0.15) is 0 Å². The van der Waals surface area contributed by atoms with Gasteiger partial charge < -0.3 is 14.9 Å². The van der Waals surface area contributed by atoms with E-state index in [0.717, 1.165) is 6.07 Å². The molecule has 0 aliphatic rings. The van der Waals surface area contributed by atoms with Gasteiger partial charge in [0, 0.05) is 6.42 Å². The maximum absolute atomic E-state index is 10.8. The number of carbonyl (C=O) groups is 2. The lowest BCUT2D eigenvalue weighted by molar-refractivity contribution is 0.0696. The second-order valence-corrected chi connectivity index (χ2v) is 3.51. The zero-order chi connectivity index (χ0) is 13.5. The second-order valence-electron chi connectivity index (χ2n) is 3.51. The van der Waals surface area contributed by atoms with Gasteiger partial charge in [-0.1, -0.05) is 0 Å². The Morgan fingerprint density at radius 2 is 1.72 bits per heavy atom. The molecule has 0 aliphatic carbocycles. The number of unbranched alkanes of at least 4 members (excludes halogenated alkanes) is 1. The number of ether oxygens (including phenoxy) is 1. The Bertz CT molecular complexity index is 466. The van der Waals surface area contributed by atoms with Crippen LogP contribution in [-0.2, 0) is 0 Å². The lowest BCUT2D eigenvalue weighted by Gasteiger charge is -2.07. The molecule has 0 heterocycles. The molecule has 0 saturated heterocycles. The number of terminal acetylenes is 1. The molecule has 0 unspecified atom stereocenters. The Morgan fingerprint density at radius 1 is 1.17 bits per heavy atom. The number of hydrogen-bond donors (Lipinski definition) is 2. The van der Waals surface area contributed by atoms with Crippen LogP contribution in [0, 0.1) is 12.3 Å².